The van der Waals surface area contributed by atoms with Gasteiger partial charge in [0.05, 0.1) is 12.6 Å². The van der Waals surface area contributed by atoms with Crippen molar-refractivity contribution < 1.29 is 38.1 Å². The fraction of sp³-hybridized carbons (Fsp3) is 0.667. The number of hydrogen-bond acceptors (Lipinski definition) is 2. The molecule has 1 unspecified atom stereocenters. The third-order valence-electron chi connectivity index (χ3n) is 7.93. The van der Waals surface area contributed by atoms with E-state index in [4.69, 9.17) is 4.74 Å². The van der Waals surface area contributed by atoms with Crippen LogP contribution in [0.15, 0.2) is 42.6 Å². The lowest BCUT2D eigenvalue weighted by atomic mass is 9.84. The van der Waals surface area contributed by atoms with E-state index in [2.05, 4.69) is 51.2 Å². The molecule has 1 N–H and O–H groups in total. The zero-order chi connectivity index (χ0) is 29.2. The highest BCUT2D eigenvalue weighted by Crippen LogP contribution is 2.34. The molecule has 0 aliphatic carbocycles. The van der Waals surface area contributed by atoms with Crippen molar-refractivity contribution in [3.05, 3.63) is 59.4 Å². The van der Waals surface area contributed by atoms with Crippen molar-refractivity contribution in [2.75, 3.05) is 6.61 Å². The summed E-state index contributed by atoms with van der Waals surface area (Å²) in [5.74, 6) is 0.918. The summed E-state index contributed by atoms with van der Waals surface area (Å²) in [7, 11) is 0. The summed E-state index contributed by atoms with van der Waals surface area (Å²) in [4.78, 5) is 13.0. The van der Waals surface area contributed by atoms with Crippen molar-refractivity contribution in [3.8, 4) is 5.75 Å². The lowest BCUT2D eigenvalue weighted by Gasteiger charge is -2.25. The lowest BCUT2D eigenvalue weighted by Crippen LogP contribution is -3.00. The first-order valence-electron chi connectivity index (χ1n) is 16.3. The summed E-state index contributed by atoms with van der Waals surface area (Å²) in [6.07, 6.45) is 21.0. The Morgan fingerprint density at radius 3 is 1.93 bits per heavy atom. The molecule has 0 aliphatic rings. The largest absolute Gasteiger partial charge is 1.00 e. The first-order valence-corrected chi connectivity index (χ1v) is 16.3. The van der Waals surface area contributed by atoms with Crippen molar-refractivity contribution in [2.24, 2.45) is 0 Å². The molecule has 41 heavy (non-hydrogen) atoms. The van der Waals surface area contributed by atoms with E-state index in [1.165, 1.54) is 89.0 Å². The average molecular weight is 679 g/mol. The van der Waals surface area contributed by atoms with Gasteiger partial charge < -0.3 is 34.0 Å². The summed E-state index contributed by atoms with van der Waals surface area (Å²) >= 11 is 0. The number of amides is 1. The molecule has 1 amide bonds. The fourth-order valence-corrected chi connectivity index (χ4v) is 5.32. The molecule has 0 saturated carbocycles. The number of carbonyl (C=O) groups excluding carboxylic acids is 1. The molecule has 0 saturated heterocycles. The molecule has 1 aromatic heterocycles. The Hall–Kier alpha value is -1.63. The predicted molar refractivity (Wildman–Crippen MR) is 169 cm³/mol. The first kappa shape index (κ1) is 37.4. The van der Waals surface area contributed by atoms with Gasteiger partial charge in [-0.25, -0.2) is 0 Å². The normalized spacial score (nSPS) is 12.0. The van der Waals surface area contributed by atoms with Gasteiger partial charge in [-0.1, -0.05) is 117 Å². The van der Waals surface area contributed by atoms with E-state index in [0.717, 1.165) is 30.9 Å². The third-order valence-corrected chi connectivity index (χ3v) is 7.93. The number of halogens is 1. The van der Waals surface area contributed by atoms with Crippen LogP contribution >= 0.6 is 0 Å². The first-order chi connectivity index (χ1) is 19.3. The number of nitrogens with zero attached hydrogens (tertiary/aromatic N) is 1. The topological polar surface area (TPSA) is 42.2 Å². The van der Waals surface area contributed by atoms with Crippen molar-refractivity contribution in [2.45, 2.75) is 149 Å². The number of carbonyl (C=O) groups is 1. The number of aryl methyl sites for hydroxylation is 1. The number of ether oxygens (including phenoxy) is 1. The highest BCUT2D eigenvalue weighted by molar-refractivity contribution is 5.91. The summed E-state index contributed by atoms with van der Waals surface area (Å²) in [5, 5.41) is 3.18. The van der Waals surface area contributed by atoms with E-state index < -0.39 is 0 Å². The van der Waals surface area contributed by atoms with Gasteiger partial charge in [-0.15, -0.1) is 0 Å². The number of unbranched alkanes of at least 4 members (excludes halogenated alkanes) is 13. The van der Waals surface area contributed by atoms with Gasteiger partial charge in [-0.05, 0) is 55.0 Å². The van der Waals surface area contributed by atoms with E-state index in [1.807, 2.05) is 42.8 Å². The van der Waals surface area contributed by atoms with Crippen molar-refractivity contribution in [3.63, 3.8) is 0 Å². The molecule has 0 bridgehead atoms. The van der Waals surface area contributed by atoms with Crippen LogP contribution in [-0.2, 0) is 12.0 Å². The van der Waals surface area contributed by atoms with Crippen LogP contribution in [0.1, 0.15) is 159 Å². The average Bonchev–Trinajstić information content (AvgIpc) is 2.94. The highest BCUT2D eigenvalue weighted by Gasteiger charge is 2.23. The number of benzene rings is 1. The van der Waals surface area contributed by atoms with Gasteiger partial charge in [0.15, 0.2) is 6.20 Å². The molecule has 5 heteroatoms. The Balaban J connectivity index is 0.00000840. The zero-order valence-corrected chi connectivity index (χ0v) is 29.2. The van der Waals surface area contributed by atoms with E-state index in [0.29, 0.717) is 5.69 Å². The second-order valence-electron chi connectivity index (χ2n) is 12.5. The molecule has 1 aromatic carbocycles. The number of aromatic nitrogens is 1. The molecule has 232 valence electrons. The van der Waals surface area contributed by atoms with Crippen LogP contribution in [0.4, 0.5) is 0 Å². The highest BCUT2D eigenvalue weighted by atomic mass is 127. The van der Waals surface area contributed by atoms with Gasteiger partial charge in [0.2, 0.25) is 0 Å². The quantitative estimate of drug-likeness (QED) is 0.0970. The Bertz CT molecular complexity index is 986. The van der Waals surface area contributed by atoms with Crippen molar-refractivity contribution >= 4 is 5.91 Å². The van der Waals surface area contributed by atoms with E-state index in [9.17, 15) is 4.79 Å². The second-order valence-corrected chi connectivity index (χ2v) is 12.5. The number of pyridine rings is 1. The summed E-state index contributed by atoms with van der Waals surface area (Å²) in [6.45, 7) is 14.6. The molecule has 1 heterocycles. The van der Waals surface area contributed by atoms with Crippen molar-refractivity contribution in [1.29, 1.82) is 0 Å². The Morgan fingerprint density at radius 2 is 1.39 bits per heavy atom. The molecule has 2 rings (SSSR count). The molecule has 1 atom stereocenters. The maximum atomic E-state index is 13.0. The SMILES string of the molecule is CCCCCCCCCCCCCCCCOc1ccc(C(C)NC(=O)c2cccc[n+]2CC)cc1C(C)(C)C.[I-]. The standard InChI is InChI=1S/C36H58N2O2.HI/c1-7-9-10-11-12-13-14-15-16-17-18-19-20-23-28-40-34-26-25-31(29-32(34)36(4,5)6)30(3)37-35(39)33-24-21-22-27-38(33)8-2;/h21-22,24-27,29-30H,7-20,23,28H2,1-6H3;1H. The summed E-state index contributed by atoms with van der Waals surface area (Å²) < 4.78 is 8.26. The van der Waals surface area contributed by atoms with Crippen LogP contribution in [0.5, 0.6) is 5.75 Å². The second kappa shape index (κ2) is 21.1. The molecular formula is C36H59IN2O2. The van der Waals surface area contributed by atoms with Crippen LogP contribution in [0.3, 0.4) is 0 Å². The Kier molecular flexibility index (Phi) is 19.3. The number of hydrogen-bond donors (Lipinski definition) is 1. The van der Waals surface area contributed by atoms with E-state index in [-0.39, 0.29) is 41.3 Å². The maximum absolute atomic E-state index is 13.0. The van der Waals surface area contributed by atoms with Crippen molar-refractivity contribution in [1.82, 2.24) is 5.32 Å². The smallest absolute Gasteiger partial charge is 0.316 e. The molecule has 4 nitrogen and oxygen atoms in total. The van der Waals surface area contributed by atoms with Crippen LogP contribution < -0.4 is 38.6 Å². The van der Waals surface area contributed by atoms with Gasteiger partial charge in [-0.3, -0.25) is 4.79 Å². The Labute approximate surface area is 269 Å². The Morgan fingerprint density at radius 1 is 0.829 bits per heavy atom. The van der Waals surface area contributed by atoms with Crippen LogP contribution in [0.25, 0.3) is 0 Å². The van der Waals surface area contributed by atoms with Crippen LogP contribution in [-0.4, -0.2) is 12.5 Å². The summed E-state index contributed by atoms with van der Waals surface area (Å²) in [5.41, 5.74) is 2.93. The van der Waals surface area contributed by atoms with Gasteiger partial charge >= 0.3 is 5.91 Å². The van der Waals surface area contributed by atoms with Gasteiger partial charge in [-0.2, -0.15) is 4.57 Å². The minimum atomic E-state index is -0.0982. The van der Waals surface area contributed by atoms with Crippen LogP contribution in [0, 0.1) is 0 Å². The monoisotopic (exact) mass is 678 g/mol. The minimum absolute atomic E-state index is 0. The number of rotatable bonds is 20. The maximum Gasteiger partial charge on any atom is 0.316 e. The molecule has 2 aromatic rings. The van der Waals surface area contributed by atoms with E-state index in [1.54, 1.807) is 0 Å². The van der Waals surface area contributed by atoms with Gasteiger partial charge in [0, 0.05) is 12.1 Å². The zero-order valence-electron chi connectivity index (χ0n) is 27.1. The molecule has 0 aliphatic heterocycles. The predicted octanol–water partition coefficient (Wildman–Crippen LogP) is 6.65. The minimum Gasteiger partial charge on any atom is -1.00 e. The lowest BCUT2D eigenvalue weighted by molar-refractivity contribution is -0.695. The number of nitrogens with one attached hydrogen (secondary N) is 1. The van der Waals surface area contributed by atoms with Crippen LogP contribution in [0.2, 0.25) is 0 Å². The van der Waals surface area contributed by atoms with Gasteiger partial charge in [0.1, 0.15) is 12.3 Å². The molecular weight excluding hydrogens is 619 g/mol. The third kappa shape index (κ3) is 14.4. The molecule has 0 fully saturated rings. The molecule has 0 radical (unpaired) electrons. The fourth-order valence-electron chi connectivity index (χ4n) is 5.32. The van der Waals surface area contributed by atoms with Gasteiger partial charge in [0.25, 0.3) is 5.69 Å². The summed E-state index contributed by atoms with van der Waals surface area (Å²) in [6, 6.07) is 12.0. The van der Waals surface area contributed by atoms with E-state index >= 15 is 0 Å². The molecule has 0 spiro atoms.